The highest BCUT2D eigenvalue weighted by Gasteiger charge is 2.53. The smallest absolute Gasteiger partial charge is 0.475 e. The minimum Gasteiger partial charge on any atom is -0.475 e. The van der Waals surface area contributed by atoms with Crippen LogP contribution in [0.15, 0.2) is 30.3 Å². The molecule has 1 spiro atoms. The molecule has 2 saturated heterocycles. The number of hydrogen-bond acceptors (Lipinski definition) is 3. The van der Waals surface area contributed by atoms with Crippen LogP contribution in [0.5, 0.6) is 0 Å². The van der Waals surface area contributed by atoms with Gasteiger partial charge >= 0.3 is 12.1 Å². The number of carboxylic acid groups (broad SMARTS) is 1. The predicted octanol–water partition coefficient (Wildman–Crippen LogP) is 4.33. The summed E-state index contributed by atoms with van der Waals surface area (Å²) in [6, 6.07) is 10.1. The molecule has 3 aliphatic rings. The molecule has 0 aromatic heterocycles. The van der Waals surface area contributed by atoms with Crippen molar-refractivity contribution in [1.29, 1.82) is 0 Å². The number of carbonyl (C=O) groups excluding carboxylic acids is 1. The maximum absolute atomic E-state index is 12.7. The van der Waals surface area contributed by atoms with Crippen LogP contribution in [-0.4, -0.2) is 54.2 Å². The van der Waals surface area contributed by atoms with Crippen molar-refractivity contribution in [2.75, 3.05) is 31.1 Å². The average molecular weight is 426 g/mol. The van der Waals surface area contributed by atoms with Crippen LogP contribution in [0.4, 0.5) is 18.9 Å². The lowest BCUT2D eigenvalue weighted by Gasteiger charge is -2.52. The largest absolute Gasteiger partial charge is 0.490 e. The van der Waals surface area contributed by atoms with Gasteiger partial charge in [-0.15, -0.1) is 0 Å². The molecule has 1 aliphatic carbocycles. The molecular weight excluding hydrogens is 397 g/mol. The molecule has 4 rings (SSSR count). The molecule has 1 amide bonds. The lowest BCUT2D eigenvalue weighted by molar-refractivity contribution is -0.192. The Balaban J connectivity index is 0.000000318. The average Bonchev–Trinajstić information content (AvgIpc) is 2.74. The highest BCUT2D eigenvalue weighted by atomic mass is 19.4. The molecule has 166 valence electrons. The highest BCUT2D eigenvalue weighted by Crippen LogP contribution is 2.44. The fourth-order valence-electron chi connectivity index (χ4n) is 4.72. The molecule has 2 heterocycles. The van der Waals surface area contributed by atoms with Gasteiger partial charge in [-0.2, -0.15) is 13.2 Å². The quantitative estimate of drug-likeness (QED) is 0.731. The Bertz CT molecular complexity index is 725. The van der Waals surface area contributed by atoms with Gasteiger partial charge in [0.2, 0.25) is 5.91 Å². The molecular formula is C22H29F3N2O3. The van der Waals surface area contributed by atoms with E-state index in [4.69, 9.17) is 9.90 Å². The van der Waals surface area contributed by atoms with E-state index in [1.54, 1.807) is 0 Å². The van der Waals surface area contributed by atoms with Crippen molar-refractivity contribution in [2.24, 2.45) is 11.3 Å². The van der Waals surface area contributed by atoms with Crippen LogP contribution in [0.25, 0.3) is 0 Å². The van der Waals surface area contributed by atoms with Crippen molar-refractivity contribution >= 4 is 17.6 Å². The summed E-state index contributed by atoms with van der Waals surface area (Å²) in [6.07, 6.45) is 4.15. The first-order valence-electron chi connectivity index (χ1n) is 10.6. The minimum atomic E-state index is -5.08. The number of halogens is 3. The van der Waals surface area contributed by atoms with E-state index >= 15 is 0 Å². The summed E-state index contributed by atoms with van der Waals surface area (Å²) in [7, 11) is 0. The van der Waals surface area contributed by atoms with E-state index in [1.165, 1.54) is 38.6 Å². The van der Waals surface area contributed by atoms with E-state index in [1.807, 2.05) is 35.2 Å². The van der Waals surface area contributed by atoms with E-state index in [2.05, 4.69) is 4.90 Å². The number of carboxylic acids is 1. The van der Waals surface area contributed by atoms with Crippen LogP contribution in [0, 0.1) is 11.3 Å². The summed E-state index contributed by atoms with van der Waals surface area (Å²) in [6.45, 7) is 4.43. The van der Waals surface area contributed by atoms with Gasteiger partial charge in [0.15, 0.2) is 0 Å². The van der Waals surface area contributed by atoms with E-state index in [0.29, 0.717) is 5.91 Å². The monoisotopic (exact) mass is 426 g/mol. The molecule has 1 N–H and O–H groups in total. The first-order valence-corrected chi connectivity index (χ1v) is 10.6. The molecule has 1 saturated carbocycles. The summed E-state index contributed by atoms with van der Waals surface area (Å²) in [5, 5.41) is 7.12. The van der Waals surface area contributed by atoms with Crippen molar-refractivity contribution in [1.82, 2.24) is 4.90 Å². The van der Waals surface area contributed by atoms with Crippen molar-refractivity contribution in [3.05, 3.63) is 30.3 Å². The molecule has 3 fully saturated rings. The number of piperidine rings is 1. The second-order valence-corrected chi connectivity index (χ2v) is 8.61. The van der Waals surface area contributed by atoms with Gasteiger partial charge in [0.05, 0.1) is 5.41 Å². The fraction of sp³-hybridized carbons (Fsp3) is 0.636. The number of nitrogens with zero attached hydrogens (tertiary/aromatic N) is 2. The first-order chi connectivity index (χ1) is 14.2. The highest BCUT2D eigenvalue weighted by molar-refractivity contribution is 6.04. The van der Waals surface area contributed by atoms with Crippen LogP contribution in [-0.2, 0) is 9.59 Å². The number of para-hydroxylation sites is 1. The van der Waals surface area contributed by atoms with Crippen LogP contribution < -0.4 is 4.90 Å². The Kier molecular flexibility index (Phi) is 7.06. The summed E-state index contributed by atoms with van der Waals surface area (Å²) in [5.74, 6) is -1.48. The molecule has 0 bridgehead atoms. The zero-order valence-electron chi connectivity index (χ0n) is 17.0. The molecule has 8 heteroatoms. The molecule has 1 aromatic carbocycles. The molecule has 1 aromatic rings. The summed E-state index contributed by atoms with van der Waals surface area (Å²) >= 11 is 0. The molecule has 5 nitrogen and oxygen atoms in total. The first kappa shape index (κ1) is 22.6. The third-order valence-corrected chi connectivity index (χ3v) is 6.52. The van der Waals surface area contributed by atoms with Crippen LogP contribution in [0.1, 0.15) is 44.9 Å². The lowest BCUT2D eigenvalue weighted by atomic mass is 9.70. The number of hydrogen-bond donors (Lipinski definition) is 1. The Labute approximate surface area is 174 Å². The van der Waals surface area contributed by atoms with Crippen LogP contribution in [0.3, 0.4) is 0 Å². The van der Waals surface area contributed by atoms with Gasteiger partial charge in [0, 0.05) is 18.8 Å². The number of carbonyl (C=O) groups is 2. The number of rotatable bonds is 3. The van der Waals surface area contributed by atoms with Gasteiger partial charge in [-0.3, -0.25) is 4.79 Å². The third kappa shape index (κ3) is 5.33. The number of amides is 1. The Morgan fingerprint density at radius 2 is 1.63 bits per heavy atom. The molecule has 2 aliphatic heterocycles. The van der Waals surface area contributed by atoms with Crippen molar-refractivity contribution < 1.29 is 27.9 Å². The molecule has 0 atom stereocenters. The lowest BCUT2D eigenvalue weighted by Crippen LogP contribution is -2.65. The fourth-order valence-corrected chi connectivity index (χ4v) is 4.72. The summed E-state index contributed by atoms with van der Waals surface area (Å²) < 4.78 is 31.7. The Morgan fingerprint density at radius 3 is 2.13 bits per heavy atom. The molecule has 0 unspecified atom stereocenters. The van der Waals surface area contributed by atoms with Crippen LogP contribution >= 0.6 is 0 Å². The maximum Gasteiger partial charge on any atom is 0.490 e. The van der Waals surface area contributed by atoms with Crippen LogP contribution in [0.2, 0.25) is 0 Å². The second-order valence-electron chi connectivity index (χ2n) is 8.61. The van der Waals surface area contributed by atoms with Crippen molar-refractivity contribution in [3.63, 3.8) is 0 Å². The van der Waals surface area contributed by atoms with Crippen molar-refractivity contribution in [3.8, 4) is 0 Å². The summed E-state index contributed by atoms with van der Waals surface area (Å²) in [4.78, 5) is 26.2. The SMILES string of the molecule is O=C(O)C(F)(F)F.O=C1N(c2ccccc2)CC12CCN(CC1CCCCC1)CC2. The predicted molar refractivity (Wildman–Crippen MR) is 107 cm³/mol. The number of anilines is 1. The van der Waals surface area contributed by atoms with E-state index in [9.17, 15) is 18.0 Å². The minimum absolute atomic E-state index is 0.0428. The van der Waals surface area contributed by atoms with Gasteiger partial charge in [-0.25, -0.2) is 4.79 Å². The summed E-state index contributed by atoms with van der Waals surface area (Å²) in [5.41, 5.74) is 1.02. The topological polar surface area (TPSA) is 60.9 Å². The zero-order chi connectivity index (χ0) is 21.8. The number of benzene rings is 1. The normalized spacial score (nSPS) is 22.2. The number of likely N-dealkylation sites (tertiary alicyclic amines) is 1. The van der Waals surface area contributed by atoms with Crippen molar-refractivity contribution in [2.45, 2.75) is 51.1 Å². The van der Waals surface area contributed by atoms with E-state index in [0.717, 1.165) is 44.1 Å². The van der Waals surface area contributed by atoms with Gasteiger partial charge in [-0.05, 0) is 56.8 Å². The van der Waals surface area contributed by atoms with E-state index < -0.39 is 12.1 Å². The number of aliphatic carboxylic acids is 1. The zero-order valence-corrected chi connectivity index (χ0v) is 17.0. The van der Waals surface area contributed by atoms with Gasteiger partial charge in [-0.1, -0.05) is 37.5 Å². The molecule has 30 heavy (non-hydrogen) atoms. The second kappa shape index (κ2) is 9.37. The van der Waals surface area contributed by atoms with Gasteiger partial charge in [0.1, 0.15) is 0 Å². The number of β-lactam (4-membered cyclic amide) rings is 1. The third-order valence-electron chi connectivity index (χ3n) is 6.52. The Hall–Kier alpha value is -2.09. The molecule has 0 radical (unpaired) electrons. The van der Waals surface area contributed by atoms with Gasteiger partial charge < -0.3 is 14.9 Å². The Morgan fingerprint density at radius 1 is 1.07 bits per heavy atom. The van der Waals surface area contributed by atoms with Gasteiger partial charge in [0.25, 0.3) is 0 Å². The number of alkyl halides is 3. The van der Waals surface area contributed by atoms with E-state index in [-0.39, 0.29) is 5.41 Å². The standard InChI is InChI=1S/C20H28N2O.C2HF3O2/c23-19-20(16-22(19)18-9-5-2-6-10-18)11-13-21(14-12-20)15-17-7-3-1-4-8-17;3-2(4,5)1(6)7/h2,5-6,9-10,17H,1,3-4,7-8,11-16H2;(H,6,7). The maximum atomic E-state index is 12.7.